The molecule has 0 saturated carbocycles. The number of nitrogens with zero attached hydrogens (tertiary/aromatic N) is 3. The van der Waals surface area contributed by atoms with Gasteiger partial charge in [0.1, 0.15) is 33.8 Å². The molecular formula is C12H14ClN3O5S. The Labute approximate surface area is 134 Å². The molecule has 0 radical (unpaired) electrons. The Morgan fingerprint density at radius 1 is 1.36 bits per heavy atom. The standard InChI is InChI=1S/C12H14ClN3O5S/c1-12(2,3)22(21)14-6-8-7(13)4-5-9(15-8)16(10(17)18)11(19)20/h4-6H,1-3H3,(H,17,18)(H,19,20). The van der Waals surface area contributed by atoms with Crippen molar-refractivity contribution in [2.45, 2.75) is 25.5 Å². The van der Waals surface area contributed by atoms with E-state index in [1.807, 2.05) is 0 Å². The van der Waals surface area contributed by atoms with E-state index in [9.17, 15) is 14.1 Å². The highest BCUT2D eigenvalue weighted by molar-refractivity contribution is 7.91. The maximum atomic E-state index is 11.8. The summed E-state index contributed by atoms with van der Waals surface area (Å²) in [6, 6.07) is 2.42. The van der Waals surface area contributed by atoms with E-state index in [-0.39, 0.29) is 21.4 Å². The highest BCUT2D eigenvalue weighted by Gasteiger charge is 2.27. The highest BCUT2D eigenvalue weighted by Crippen LogP contribution is 2.21. The van der Waals surface area contributed by atoms with Crippen molar-refractivity contribution in [3.63, 3.8) is 0 Å². The predicted molar refractivity (Wildman–Crippen MR) is 83.3 cm³/mol. The number of carbonyl (C=O) groups is 2. The topological polar surface area (TPSA) is 126 Å². The molecule has 0 aliphatic rings. The van der Waals surface area contributed by atoms with Gasteiger partial charge in [0, 0.05) is 0 Å². The summed E-state index contributed by atoms with van der Waals surface area (Å²) in [5.74, 6) is -0.354. The number of halogens is 1. The average Bonchev–Trinajstić information content (AvgIpc) is 2.36. The van der Waals surface area contributed by atoms with Gasteiger partial charge in [0.2, 0.25) is 0 Å². The number of pyridine rings is 1. The van der Waals surface area contributed by atoms with Gasteiger partial charge in [0.25, 0.3) is 0 Å². The minimum Gasteiger partial charge on any atom is -0.591 e. The third-order valence-electron chi connectivity index (χ3n) is 2.26. The first-order chi connectivity index (χ1) is 10.0. The van der Waals surface area contributed by atoms with Crippen LogP contribution in [0, 0.1) is 0 Å². The van der Waals surface area contributed by atoms with Crippen molar-refractivity contribution in [2.24, 2.45) is 4.40 Å². The van der Waals surface area contributed by atoms with Crippen molar-refractivity contribution in [3.05, 3.63) is 22.8 Å². The molecule has 0 aliphatic carbocycles. The Bertz CT molecular complexity index is 603. The molecule has 1 atom stereocenters. The molecule has 0 bridgehead atoms. The van der Waals surface area contributed by atoms with Crippen molar-refractivity contribution in [3.8, 4) is 0 Å². The van der Waals surface area contributed by atoms with Crippen molar-refractivity contribution in [2.75, 3.05) is 4.90 Å². The first-order valence-corrected chi connectivity index (χ1v) is 7.41. The van der Waals surface area contributed by atoms with Gasteiger partial charge >= 0.3 is 12.2 Å². The summed E-state index contributed by atoms with van der Waals surface area (Å²) in [7, 11) is 0. The Morgan fingerprint density at radius 3 is 2.36 bits per heavy atom. The van der Waals surface area contributed by atoms with Crippen LogP contribution in [0.25, 0.3) is 0 Å². The Hall–Kier alpha value is -1.84. The lowest BCUT2D eigenvalue weighted by molar-refractivity contribution is 0.184. The molecule has 1 aromatic rings. The van der Waals surface area contributed by atoms with E-state index in [2.05, 4.69) is 9.38 Å². The molecule has 1 rings (SSSR count). The predicted octanol–water partition coefficient (Wildman–Crippen LogP) is 2.78. The molecule has 0 aromatic carbocycles. The number of imide groups is 1. The number of amides is 2. The zero-order chi connectivity index (χ0) is 17.1. The fourth-order valence-electron chi connectivity index (χ4n) is 1.20. The first-order valence-electron chi connectivity index (χ1n) is 5.92. The molecule has 0 saturated heterocycles. The van der Waals surface area contributed by atoms with Crippen molar-refractivity contribution in [1.82, 2.24) is 4.98 Å². The fourth-order valence-corrected chi connectivity index (χ4v) is 1.86. The van der Waals surface area contributed by atoms with Gasteiger partial charge in [0.15, 0.2) is 0 Å². The number of carboxylic acid groups (broad SMARTS) is 2. The summed E-state index contributed by atoms with van der Waals surface area (Å²) in [4.78, 5) is 25.7. The molecule has 1 unspecified atom stereocenters. The van der Waals surface area contributed by atoms with E-state index in [1.54, 1.807) is 20.8 Å². The van der Waals surface area contributed by atoms with Crippen LogP contribution in [-0.4, -0.2) is 42.9 Å². The van der Waals surface area contributed by atoms with Crippen molar-refractivity contribution < 1.29 is 24.4 Å². The first kappa shape index (κ1) is 18.2. The van der Waals surface area contributed by atoms with Crippen LogP contribution in [0.15, 0.2) is 16.5 Å². The van der Waals surface area contributed by atoms with Crippen LogP contribution in [0.5, 0.6) is 0 Å². The summed E-state index contributed by atoms with van der Waals surface area (Å²) in [6.07, 6.45) is -2.29. The largest absolute Gasteiger partial charge is 0.591 e. The van der Waals surface area contributed by atoms with Gasteiger partial charge in [-0.25, -0.2) is 14.6 Å². The average molecular weight is 348 g/mol. The molecule has 22 heavy (non-hydrogen) atoms. The molecule has 0 aliphatic heterocycles. The molecule has 1 heterocycles. The van der Waals surface area contributed by atoms with E-state index >= 15 is 0 Å². The van der Waals surface area contributed by atoms with E-state index in [1.165, 1.54) is 6.07 Å². The zero-order valence-corrected chi connectivity index (χ0v) is 13.6. The summed E-state index contributed by atoms with van der Waals surface area (Å²) < 4.78 is 15.0. The van der Waals surface area contributed by atoms with Gasteiger partial charge in [-0.2, -0.15) is 4.90 Å². The van der Waals surface area contributed by atoms with Gasteiger partial charge in [-0.15, -0.1) is 0 Å². The monoisotopic (exact) mass is 347 g/mol. The number of hydrogen-bond acceptors (Lipinski definition) is 5. The van der Waals surface area contributed by atoms with Crippen LogP contribution in [0.3, 0.4) is 0 Å². The summed E-state index contributed by atoms with van der Waals surface area (Å²) in [6.45, 7) is 5.17. The maximum absolute atomic E-state index is 11.8. The number of hydrogen-bond donors (Lipinski definition) is 2. The van der Waals surface area contributed by atoms with Crippen LogP contribution >= 0.6 is 11.6 Å². The van der Waals surface area contributed by atoms with Crippen LogP contribution in [-0.2, 0) is 11.4 Å². The van der Waals surface area contributed by atoms with E-state index in [0.29, 0.717) is 0 Å². The van der Waals surface area contributed by atoms with Crippen LogP contribution in [0.4, 0.5) is 15.4 Å². The molecule has 2 N–H and O–H groups in total. The molecule has 0 spiro atoms. The lowest BCUT2D eigenvalue weighted by atomic mass is 10.3. The summed E-state index contributed by atoms with van der Waals surface area (Å²) in [5.41, 5.74) is 0.0178. The van der Waals surface area contributed by atoms with Gasteiger partial charge in [-0.1, -0.05) is 16.0 Å². The lowest BCUT2D eigenvalue weighted by Crippen LogP contribution is -2.35. The summed E-state index contributed by atoms with van der Waals surface area (Å²) in [5, 5.41) is 17.9. The van der Waals surface area contributed by atoms with Gasteiger partial charge in [0.05, 0.1) is 5.02 Å². The highest BCUT2D eigenvalue weighted by atomic mass is 35.5. The number of rotatable bonds is 3. The van der Waals surface area contributed by atoms with E-state index in [4.69, 9.17) is 21.8 Å². The second-order valence-electron chi connectivity index (χ2n) is 5.03. The number of anilines is 1. The second-order valence-corrected chi connectivity index (χ2v) is 7.37. The molecule has 10 heteroatoms. The Morgan fingerprint density at radius 2 is 1.91 bits per heavy atom. The van der Waals surface area contributed by atoms with Gasteiger partial charge < -0.3 is 14.8 Å². The Balaban J connectivity index is 3.18. The lowest BCUT2D eigenvalue weighted by Gasteiger charge is -2.17. The molecule has 120 valence electrons. The van der Waals surface area contributed by atoms with Crippen LogP contribution < -0.4 is 4.90 Å². The third-order valence-corrected chi connectivity index (χ3v) is 3.93. The normalized spacial score (nSPS) is 13.1. The SMILES string of the molecule is CC(C)(C)[S+]([O-])N=Cc1nc(N(C(=O)O)C(=O)O)ccc1Cl. The zero-order valence-electron chi connectivity index (χ0n) is 12.0. The number of aromatic nitrogens is 1. The van der Waals surface area contributed by atoms with Crippen LogP contribution in [0.2, 0.25) is 5.02 Å². The Kier molecular flexibility index (Phi) is 5.75. The maximum Gasteiger partial charge on any atom is 0.422 e. The molecule has 8 nitrogen and oxygen atoms in total. The molecule has 0 fully saturated rings. The third kappa shape index (κ3) is 4.58. The van der Waals surface area contributed by atoms with Crippen molar-refractivity contribution in [1.29, 1.82) is 0 Å². The minimum absolute atomic E-state index is 0.0178. The van der Waals surface area contributed by atoms with Crippen LogP contribution in [0.1, 0.15) is 26.5 Å². The minimum atomic E-state index is -1.71. The molecular weight excluding hydrogens is 334 g/mol. The quantitative estimate of drug-likeness (QED) is 0.639. The van der Waals surface area contributed by atoms with Gasteiger partial charge in [-0.05, 0) is 32.9 Å². The fraction of sp³-hybridized carbons (Fsp3) is 0.333. The van der Waals surface area contributed by atoms with E-state index in [0.717, 1.165) is 12.3 Å². The smallest absolute Gasteiger partial charge is 0.422 e. The van der Waals surface area contributed by atoms with E-state index < -0.39 is 28.3 Å². The van der Waals surface area contributed by atoms with Crippen molar-refractivity contribution >= 4 is 47.2 Å². The summed E-state index contributed by atoms with van der Waals surface area (Å²) >= 11 is 4.34. The molecule has 1 aromatic heterocycles. The van der Waals surface area contributed by atoms with Gasteiger partial charge in [-0.3, -0.25) is 0 Å². The molecule has 2 amide bonds. The second kappa shape index (κ2) is 6.95.